The molecule has 10 aromatic rings. The first-order valence-corrected chi connectivity index (χ1v) is 46.1. The molecule has 0 unspecified atom stereocenters. The number of phenols is 5. The van der Waals surface area contributed by atoms with E-state index in [1.807, 2.05) is 201 Å². The first kappa shape index (κ1) is 109. The van der Waals surface area contributed by atoms with Crippen LogP contribution in [-0.4, -0.2) is 122 Å². The van der Waals surface area contributed by atoms with Crippen molar-refractivity contribution in [3.8, 4) is 57.5 Å². The van der Waals surface area contributed by atoms with Crippen molar-refractivity contribution in [1.29, 1.82) is 0 Å². The Labute approximate surface area is 800 Å². The number of aryl methyl sites for hydroxylation is 1. The van der Waals surface area contributed by atoms with Crippen molar-refractivity contribution >= 4 is 87.7 Å². The fraction of sp³-hybridized carbons (Fsp3) is 0.296. The number of benzene rings is 10. The number of aromatic hydroxyl groups is 5. The molecule has 10 rings (SSSR count). The summed E-state index contributed by atoms with van der Waals surface area (Å²) in [6.45, 7) is 35.9. The molecule has 714 valence electrons. The normalized spacial score (nSPS) is 11.2. The van der Waals surface area contributed by atoms with Crippen LogP contribution in [-0.2, 0) is 30.1 Å². The van der Waals surface area contributed by atoms with Crippen molar-refractivity contribution in [3.05, 3.63) is 333 Å². The number of nitrogens with one attached hydrogen (secondary N) is 5. The first-order chi connectivity index (χ1) is 64.7. The maximum Gasteiger partial charge on any atom is 0.185 e. The molecule has 135 heavy (non-hydrogen) atoms. The summed E-state index contributed by atoms with van der Waals surface area (Å²) in [6.07, 6.45) is 31.0. The summed E-state index contributed by atoms with van der Waals surface area (Å²) in [7, 11) is 9.19. The van der Waals surface area contributed by atoms with Gasteiger partial charge in [-0.15, -0.1) is 13.2 Å². The molecule has 0 heterocycles. The van der Waals surface area contributed by atoms with Crippen LogP contribution in [0.1, 0.15) is 236 Å². The zero-order chi connectivity index (χ0) is 99.2. The van der Waals surface area contributed by atoms with Gasteiger partial charge < -0.3 is 75.8 Å². The molecular formula is C115H139N5O15. The molecule has 0 amide bonds. The first-order valence-electron chi connectivity index (χ1n) is 46.1. The van der Waals surface area contributed by atoms with Crippen LogP contribution < -0.4 is 50.3 Å². The number of ether oxygens (including phenoxy) is 5. The van der Waals surface area contributed by atoms with Crippen molar-refractivity contribution in [3.63, 3.8) is 0 Å². The second-order valence-electron chi connectivity index (χ2n) is 33.2. The van der Waals surface area contributed by atoms with Gasteiger partial charge in [-0.3, -0.25) is 24.0 Å². The Morgan fingerprint density at radius 3 is 0.896 bits per heavy atom. The van der Waals surface area contributed by atoms with Crippen molar-refractivity contribution in [2.75, 3.05) is 88.2 Å². The molecule has 0 bridgehead atoms. The van der Waals surface area contributed by atoms with Crippen LogP contribution in [0.25, 0.3) is 30.4 Å². The molecule has 0 saturated heterocycles. The van der Waals surface area contributed by atoms with Gasteiger partial charge in [0, 0.05) is 166 Å². The molecule has 0 aromatic heterocycles. The third kappa shape index (κ3) is 34.5. The van der Waals surface area contributed by atoms with Gasteiger partial charge in [-0.1, -0.05) is 100.0 Å². The van der Waals surface area contributed by atoms with Gasteiger partial charge in [0.05, 0.1) is 32.5 Å². The predicted octanol–water partition coefficient (Wildman–Crippen LogP) is 26.5. The largest absolute Gasteiger partial charge is 0.508 e. The zero-order valence-electron chi connectivity index (χ0n) is 81.9. The number of carbonyl (C=O) groups excluding carboxylic acids is 5. The highest BCUT2D eigenvalue weighted by molar-refractivity contribution is 6.10. The number of hydrogen-bond donors (Lipinski definition) is 10. The highest BCUT2D eigenvalue weighted by Crippen LogP contribution is 2.41. The summed E-state index contributed by atoms with van der Waals surface area (Å²) in [5.74, 6) is 3.42. The minimum atomic E-state index is -0.414. The van der Waals surface area contributed by atoms with Gasteiger partial charge in [-0.25, -0.2) is 0 Å². The molecule has 0 atom stereocenters. The van der Waals surface area contributed by atoms with E-state index in [9.17, 15) is 49.5 Å². The van der Waals surface area contributed by atoms with Crippen molar-refractivity contribution in [2.24, 2.45) is 0 Å². The quantitative estimate of drug-likeness (QED) is 0.00964. The fourth-order valence-electron chi connectivity index (χ4n) is 13.3. The van der Waals surface area contributed by atoms with Crippen LogP contribution in [0.15, 0.2) is 250 Å². The number of hydrogen-bond acceptors (Lipinski definition) is 20. The van der Waals surface area contributed by atoms with Crippen LogP contribution >= 0.6 is 0 Å². The number of phenolic OH excluding ortho intramolecular Hbond substituents is 5. The van der Waals surface area contributed by atoms with E-state index >= 15 is 0 Å². The Morgan fingerprint density at radius 2 is 0.622 bits per heavy atom. The second-order valence-corrected chi connectivity index (χ2v) is 33.2. The van der Waals surface area contributed by atoms with Crippen LogP contribution in [0.2, 0.25) is 0 Å². The van der Waals surface area contributed by atoms with Crippen molar-refractivity contribution < 1.29 is 73.2 Å². The van der Waals surface area contributed by atoms with E-state index in [0.717, 1.165) is 129 Å². The zero-order valence-corrected chi connectivity index (χ0v) is 81.9. The summed E-state index contributed by atoms with van der Waals surface area (Å²) < 4.78 is 28.8. The van der Waals surface area contributed by atoms with E-state index < -0.39 is 5.41 Å². The standard InChI is InChI=1S/C24H31NO3.C24H29NO3.C23H27NO3.C22H27NO3.C22H25NO3/c2*1-6-14-28-23-16-22(27)20(24(3,4)7-2)15-18(23)10-13-21(26)17-8-11-19(25-5)12-9-17;1-4-6-7-18-15-19(23(16-22(18)26)27-14-5-2)10-13-21(25)17-8-11-20(24-3)12-9-17;1-5-6-17-13-18(22(14-21(17)25)26-15(2)3)9-12-20(24)16-7-10-19(23-4)11-8-16;1-4-6-17-14-18(22(15-21(17)25)26-13-5-2)9-12-20(24)16-7-10-19(23-3)11-8-16/h8-13,15-16,25,27H,6-7,14H2,1-5H3;7-13,15-16,25,27H,2,6,14H2,1,3-5H3;4,6,8-13,15-16,24,26H,5,7,14H2,1-3H3;7-15,23,25H,5-6H2,1-4H3;4,7-12,14-15,23,25H,1,5-6,13H2,2-3H3. The highest BCUT2D eigenvalue weighted by Gasteiger charge is 2.26. The molecule has 0 fully saturated rings. The molecule has 0 radical (unpaired) electrons. The van der Waals surface area contributed by atoms with Gasteiger partial charge in [0.15, 0.2) is 28.9 Å². The molecule has 0 aliphatic carbocycles. The Kier molecular flexibility index (Phi) is 45.6. The van der Waals surface area contributed by atoms with E-state index in [2.05, 4.69) is 67.4 Å². The van der Waals surface area contributed by atoms with E-state index in [1.165, 1.54) is 12.2 Å². The average molecular weight is 1830 g/mol. The maximum atomic E-state index is 12.6. The van der Waals surface area contributed by atoms with E-state index in [1.54, 1.807) is 152 Å². The summed E-state index contributed by atoms with van der Waals surface area (Å²) in [5, 5.41) is 66.7. The van der Waals surface area contributed by atoms with Crippen molar-refractivity contribution in [1.82, 2.24) is 0 Å². The lowest BCUT2D eigenvalue weighted by Crippen LogP contribution is -2.16. The van der Waals surface area contributed by atoms with Gasteiger partial charge in [0.2, 0.25) is 0 Å². The SMILES string of the molecule is C=CC(C)(C)c1cc(C=CC(=O)c2ccc(NC)cc2)c(OCCC)cc1O.C=CCc1cc(C=CC(=O)c2ccc(NC)cc2)c(OCCC)cc1O.CC=CCc1cc(C=CC(=O)c2ccc(NC)cc2)c(OCCC)cc1O.CCCOc1cc(O)c(C(C)(C)CC)cc1C=CC(=O)c1ccc(NC)cc1.CCCc1cc(C=CC(=O)c2ccc(NC)cc2)c(OC(C)C)cc1O. The summed E-state index contributed by atoms with van der Waals surface area (Å²) in [6, 6.07) is 54.1. The summed E-state index contributed by atoms with van der Waals surface area (Å²) >= 11 is 0. The van der Waals surface area contributed by atoms with Crippen molar-refractivity contribution in [2.45, 2.75) is 165 Å². The van der Waals surface area contributed by atoms with Crippen LogP contribution in [0.5, 0.6) is 57.5 Å². The molecule has 10 N–H and O–H groups in total. The average Bonchev–Trinajstić information content (AvgIpc) is 0.800. The Hall–Kier alpha value is -14.5. The van der Waals surface area contributed by atoms with Gasteiger partial charge in [-0.2, -0.15) is 0 Å². The number of ketones is 5. The molecular weight excluding hydrogens is 1690 g/mol. The molecule has 20 heteroatoms. The third-order valence-corrected chi connectivity index (χ3v) is 21.7. The van der Waals surface area contributed by atoms with Crippen LogP contribution in [0.3, 0.4) is 0 Å². The molecule has 0 saturated carbocycles. The van der Waals surface area contributed by atoms with Gasteiger partial charge in [0.25, 0.3) is 0 Å². The lowest BCUT2D eigenvalue weighted by molar-refractivity contribution is 0.103. The van der Waals surface area contributed by atoms with Crippen LogP contribution in [0.4, 0.5) is 28.4 Å². The molecule has 0 aliphatic rings. The Bertz CT molecular complexity index is 5720. The topological polar surface area (TPSA) is 293 Å². The van der Waals surface area contributed by atoms with Gasteiger partial charge in [0.1, 0.15) is 57.5 Å². The van der Waals surface area contributed by atoms with Gasteiger partial charge in [-0.05, 0) is 307 Å². The van der Waals surface area contributed by atoms with E-state index in [-0.39, 0.29) is 69.2 Å². The minimum Gasteiger partial charge on any atom is -0.508 e. The Balaban J connectivity index is 0.000000259. The van der Waals surface area contributed by atoms with Crippen LogP contribution in [0, 0.1) is 0 Å². The minimum absolute atomic E-state index is 0.0247. The molecule has 20 nitrogen and oxygen atoms in total. The number of allylic oxidation sites excluding steroid dienone is 9. The second kappa shape index (κ2) is 56.4. The number of rotatable bonds is 44. The number of anilines is 5. The van der Waals surface area contributed by atoms with Gasteiger partial charge >= 0.3 is 0 Å². The molecule has 10 aromatic carbocycles. The summed E-state index contributed by atoms with van der Waals surface area (Å²) in [5.41, 5.74) is 15.1. The molecule has 0 spiro atoms. The lowest BCUT2D eigenvalue weighted by Gasteiger charge is -2.25. The fourth-order valence-corrected chi connectivity index (χ4v) is 13.3. The lowest BCUT2D eigenvalue weighted by atomic mass is 9.81. The highest BCUT2D eigenvalue weighted by atomic mass is 16.5. The van der Waals surface area contributed by atoms with E-state index in [0.29, 0.717) is 95.8 Å². The third-order valence-electron chi connectivity index (χ3n) is 21.7. The smallest absolute Gasteiger partial charge is 0.185 e. The number of carbonyl (C=O) groups is 5. The maximum absolute atomic E-state index is 12.6. The monoisotopic (exact) mass is 1830 g/mol. The Morgan fingerprint density at radius 1 is 0.356 bits per heavy atom. The molecule has 0 aliphatic heterocycles. The predicted molar refractivity (Wildman–Crippen MR) is 559 cm³/mol. The summed E-state index contributed by atoms with van der Waals surface area (Å²) in [4.78, 5) is 62.4. The van der Waals surface area contributed by atoms with E-state index in [4.69, 9.17) is 23.7 Å².